The topological polar surface area (TPSA) is 81.1 Å². The Morgan fingerprint density at radius 3 is 2.94 bits per heavy atom. The fraction of sp³-hybridized carbons (Fsp3) is 0.556. The molecule has 16 heavy (non-hydrogen) atoms. The fourth-order valence-electron chi connectivity index (χ4n) is 1.93. The van der Waals surface area contributed by atoms with E-state index in [-0.39, 0.29) is 17.5 Å². The number of rotatable bonds is 3. The Balaban J connectivity index is 2.30. The van der Waals surface area contributed by atoms with E-state index in [9.17, 15) is 13.2 Å². The van der Waals surface area contributed by atoms with Gasteiger partial charge in [-0.25, -0.2) is 13.1 Å². The minimum Gasteiger partial charge on any atom is -0.314 e. The van der Waals surface area contributed by atoms with Crippen LogP contribution < -0.4 is 5.32 Å². The smallest absolute Gasteiger partial charge is 0.212 e. The van der Waals surface area contributed by atoms with Gasteiger partial charge in [0.25, 0.3) is 0 Å². The molecule has 0 aliphatic carbocycles. The quantitative estimate of drug-likeness (QED) is 0.764. The predicted octanol–water partition coefficient (Wildman–Crippen LogP) is 0.119. The molecule has 1 atom stereocenters. The molecule has 1 aromatic heterocycles. The Kier molecular flexibility index (Phi) is 2.71. The molecule has 7 heteroatoms. The van der Waals surface area contributed by atoms with E-state index in [0.717, 1.165) is 5.69 Å². The molecule has 0 aromatic carbocycles. The standard InChI is InChI=1S/C9H13N3O3S/c1-7-4-9(10-6-13)12(11-7)8-2-3-16(14,15)5-8/h4,6,8H,2-3,5H2,1H3,(H,10,13). The average Bonchev–Trinajstić information content (AvgIpc) is 2.70. The third kappa shape index (κ3) is 2.08. The van der Waals surface area contributed by atoms with Crippen LogP contribution in [0.4, 0.5) is 5.82 Å². The van der Waals surface area contributed by atoms with Gasteiger partial charge in [0.05, 0.1) is 23.2 Å². The maximum atomic E-state index is 11.4. The van der Waals surface area contributed by atoms with E-state index in [2.05, 4.69) is 10.4 Å². The Bertz CT molecular complexity index is 506. The number of nitrogens with zero attached hydrogens (tertiary/aromatic N) is 2. The SMILES string of the molecule is Cc1cc(NC=O)n(C2CCS(=O)(=O)C2)n1. The van der Waals surface area contributed by atoms with Gasteiger partial charge in [-0.3, -0.25) is 4.79 Å². The summed E-state index contributed by atoms with van der Waals surface area (Å²) in [6, 6.07) is 1.56. The average molecular weight is 243 g/mol. The molecule has 1 aliphatic rings. The lowest BCUT2D eigenvalue weighted by Crippen LogP contribution is -2.15. The first kappa shape index (κ1) is 11.1. The van der Waals surface area contributed by atoms with Gasteiger partial charge >= 0.3 is 0 Å². The third-order valence-electron chi connectivity index (χ3n) is 2.62. The Morgan fingerprint density at radius 2 is 2.38 bits per heavy atom. The highest BCUT2D eigenvalue weighted by atomic mass is 32.2. The number of anilines is 1. The monoisotopic (exact) mass is 243 g/mol. The summed E-state index contributed by atoms with van der Waals surface area (Å²) in [4.78, 5) is 10.4. The van der Waals surface area contributed by atoms with Gasteiger partial charge in [0.2, 0.25) is 6.41 Å². The highest BCUT2D eigenvalue weighted by Gasteiger charge is 2.31. The lowest BCUT2D eigenvalue weighted by Gasteiger charge is -2.11. The summed E-state index contributed by atoms with van der Waals surface area (Å²) in [6.07, 6.45) is 1.12. The molecule has 1 N–H and O–H groups in total. The van der Waals surface area contributed by atoms with Crippen LogP contribution in [-0.4, -0.2) is 36.1 Å². The highest BCUT2D eigenvalue weighted by Crippen LogP contribution is 2.26. The van der Waals surface area contributed by atoms with Gasteiger partial charge in [-0.05, 0) is 13.3 Å². The van der Waals surface area contributed by atoms with E-state index in [0.29, 0.717) is 18.6 Å². The molecule has 1 fully saturated rings. The molecule has 88 valence electrons. The lowest BCUT2D eigenvalue weighted by molar-refractivity contribution is -0.105. The fourth-order valence-corrected chi connectivity index (χ4v) is 3.62. The predicted molar refractivity (Wildman–Crippen MR) is 59.0 cm³/mol. The second-order valence-electron chi connectivity index (χ2n) is 3.93. The summed E-state index contributed by atoms with van der Waals surface area (Å²) in [5.74, 6) is 0.841. The van der Waals surface area contributed by atoms with Gasteiger partial charge in [-0.2, -0.15) is 5.10 Å². The Morgan fingerprint density at radius 1 is 1.62 bits per heavy atom. The minimum absolute atomic E-state index is 0.0989. The van der Waals surface area contributed by atoms with E-state index in [1.807, 2.05) is 0 Å². The second kappa shape index (κ2) is 3.89. The molecule has 6 nitrogen and oxygen atoms in total. The van der Waals surface area contributed by atoms with E-state index in [4.69, 9.17) is 0 Å². The molecule has 0 spiro atoms. The first-order valence-corrected chi connectivity index (χ1v) is 6.81. The number of hydrogen-bond acceptors (Lipinski definition) is 4. The highest BCUT2D eigenvalue weighted by molar-refractivity contribution is 7.91. The van der Waals surface area contributed by atoms with Crippen LogP contribution in [0.2, 0.25) is 0 Å². The van der Waals surface area contributed by atoms with Gasteiger partial charge in [0, 0.05) is 6.07 Å². The van der Waals surface area contributed by atoms with Crippen LogP contribution in [0, 0.1) is 6.92 Å². The summed E-state index contributed by atoms with van der Waals surface area (Å²) >= 11 is 0. The van der Waals surface area contributed by atoms with Crippen molar-refractivity contribution in [2.24, 2.45) is 0 Å². The molecule has 0 bridgehead atoms. The molecular formula is C9H13N3O3S. The zero-order valence-electron chi connectivity index (χ0n) is 8.88. The summed E-state index contributed by atoms with van der Waals surface area (Å²) in [5.41, 5.74) is 0.758. The minimum atomic E-state index is -2.94. The van der Waals surface area contributed by atoms with Crippen molar-refractivity contribution in [1.82, 2.24) is 9.78 Å². The van der Waals surface area contributed by atoms with Crippen LogP contribution in [0.3, 0.4) is 0 Å². The van der Waals surface area contributed by atoms with Crippen LogP contribution >= 0.6 is 0 Å². The van der Waals surface area contributed by atoms with E-state index in [1.165, 1.54) is 0 Å². The third-order valence-corrected chi connectivity index (χ3v) is 4.37. The van der Waals surface area contributed by atoms with E-state index < -0.39 is 9.84 Å². The number of aryl methyl sites for hydroxylation is 1. The van der Waals surface area contributed by atoms with Gasteiger partial charge in [0.1, 0.15) is 5.82 Å². The van der Waals surface area contributed by atoms with E-state index in [1.54, 1.807) is 17.7 Å². The van der Waals surface area contributed by atoms with Crippen molar-refractivity contribution in [2.45, 2.75) is 19.4 Å². The van der Waals surface area contributed by atoms with Gasteiger partial charge < -0.3 is 5.32 Å². The Hall–Kier alpha value is -1.37. The zero-order valence-corrected chi connectivity index (χ0v) is 9.70. The summed E-state index contributed by atoms with van der Waals surface area (Å²) in [6.45, 7) is 1.80. The maximum absolute atomic E-state index is 11.4. The normalized spacial score (nSPS) is 23.2. The number of carbonyl (C=O) groups is 1. The molecule has 1 saturated heterocycles. The number of carbonyl (C=O) groups excluding carboxylic acids is 1. The first-order valence-electron chi connectivity index (χ1n) is 4.98. The molecule has 0 radical (unpaired) electrons. The number of nitrogens with one attached hydrogen (secondary N) is 1. The van der Waals surface area contributed by atoms with Crippen LogP contribution in [0.1, 0.15) is 18.2 Å². The first-order chi connectivity index (χ1) is 7.52. The van der Waals surface area contributed by atoms with Crippen molar-refractivity contribution in [1.29, 1.82) is 0 Å². The van der Waals surface area contributed by atoms with Crippen LogP contribution in [0.5, 0.6) is 0 Å². The number of hydrogen-bond donors (Lipinski definition) is 1. The molecule has 1 aliphatic heterocycles. The van der Waals surface area contributed by atoms with Crippen LogP contribution in [-0.2, 0) is 14.6 Å². The lowest BCUT2D eigenvalue weighted by atomic mass is 10.3. The Labute approximate surface area is 93.6 Å². The van der Waals surface area contributed by atoms with Crippen molar-refractivity contribution < 1.29 is 13.2 Å². The second-order valence-corrected chi connectivity index (χ2v) is 6.16. The summed E-state index contributed by atoms with van der Waals surface area (Å²) < 4.78 is 24.3. The molecule has 2 heterocycles. The van der Waals surface area contributed by atoms with Crippen LogP contribution in [0.15, 0.2) is 6.07 Å². The van der Waals surface area contributed by atoms with E-state index >= 15 is 0 Å². The molecule has 1 aromatic rings. The van der Waals surface area contributed by atoms with Crippen molar-refractivity contribution >= 4 is 22.1 Å². The maximum Gasteiger partial charge on any atom is 0.212 e. The summed E-state index contributed by atoms with van der Waals surface area (Å²) in [5, 5.41) is 6.73. The molecule has 2 rings (SSSR count). The summed E-state index contributed by atoms with van der Waals surface area (Å²) in [7, 11) is -2.94. The van der Waals surface area contributed by atoms with Crippen molar-refractivity contribution in [3.05, 3.63) is 11.8 Å². The van der Waals surface area contributed by atoms with Crippen molar-refractivity contribution in [3.8, 4) is 0 Å². The molecular weight excluding hydrogens is 230 g/mol. The number of sulfone groups is 1. The zero-order chi connectivity index (χ0) is 11.8. The number of amides is 1. The van der Waals surface area contributed by atoms with Gasteiger partial charge in [-0.1, -0.05) is 0 Å². The van der Waals surface area contributed by atoms with Gasteiger partial charge in [0.15, 0.2) is 9.84 Å². The number of aromatic nitrogens is 2. The van der Waals surface area contributed by atoms with Crippen LogP contribution in [0.25, 0.3) is 0 Å². The largest absolute Gasteiger partial charge is 0.314 e. The van der Waals surface area contributed by atoms with Crippen molar-refractivity contribution in [3.63, 3.8) is 0 Å². The van der Waals surface area contributed by atoms with Gasteiger partial charge in [-0.15, -0.1) is 0 Å². The van der Waals surface area contributed by atoms with Crippen molar-refractivity contribution in [2.75, 3.05) is 16.8 Å². The molecule has 1 unspecified atom stereocenters. The molecule has 0 saturated carbocycles. The molecule has 1 amide bonds.